The Morgan fingerprint density at radius 1 is 1.33 bits per heavy atom. The molecule has 0 bridgehead atoms. The van der Waals surface area contributed by atoms with Crippen molar-refractivity contribution < 1.29 is 13.2 Å². The number of hydrogen-bond acceptors (Lipinski definition) is 4. The SMILES string of the molecule is CCNC(=NCc1cccc(Cl)c1)NCCS(=O)(=O)NCC1CCCCO1. The molecule has 1 fully saturated rings. The van der Waals surface area contributed by atoms with Crippen LogP contribution in [0.3, 0.4) is 0 Å². The van der Waals surface area contributed by atoms with E-state index in [4.69, 9.17) is 16.3 Å². The van der Waals surface area contributed by atoms with Crippen LogP contribution in [0.1, 0.15) is 31.7 Å². The van der Waals surface area contributed by atoms with E-state index in [2.05, 4.69) is 20.3 Å². The number of ether oxygens (including phenoxy) is 1. The van der Waals surface area contributed by atoms with E-state index in [9.17, 15) is 8.42 Å². The molecule has 1 aromatic rings. The van der Waals surface area contributed by atoms with Crippen molar-refractivity contribution in [2.24, 2.45) is 4.99 Å². The van der Waals surface area contributed by atoms with Crippen LogP contribution in [0, 0.1) is 0 Å². The minimum atomic E-state index is -3.36. The summed E-state index contributed by atoms with van der Waals surface area (Å²) in [6.07, 6.45) is 3.03. The maximum Gasteiger partial charge on any atom is 0.213 e. The molecule has 152 valence electrons. The molecule has 0 saturated carbocycles. The van der Waals surface area contributed by atoms with Crippen LogP contribution in [0.4, 0.5) is 0 Å². The Balaban J connectivity index is 1.77. The summed E-state index contributed by atoms with van der Waals surface area (Å²) in [5.74, 6) is 0.546. The van der Waals surface area contributed by atoms with Crippen molar-refractivity contribution in [1.82, 2.24) is 15.4 Å². The van der Waals surface area contributed by atoms with E-state index in [1.54, 1.807) is 0 Å². The third kappa shape index (κ3) is 8.92. The van der Waals surface area contributed by atoms with Gasteiger partial charge in [0.2, 0.25) is 10.0 Å². The second kappa shape index (κ2) is 11.5. The first kappa shape index (κ1) is 21.9. The highest BCUT2D eigenvalue weighted by molar-refractivity contribution is 7.89. The first-order valence-electron chi connectivity index (χ1n) is 9.34. The fourth-order valence-corrected chi connectivity index (χ4v) is 3.88. The van der Waals surface area contributed by atoms with E-state index in [1.807, 2.05) is 31.2 Å². The van der Waals surface area contributed by atoms with Gasteiger partial charge in [-0.1, -0.05) is 23.7 Å². The molecule has 3 N–H and O–H groups in total. The van der Waals surface area contributed by atoms with Crippen LogP contribution in [-0.2, 0) is 21.3 Å². The van der Waals surface area contributed by atoms with E-state index in [0.29, 0.717) is 37.2 Å². The molecule has 9 heteroatoms. The highest BCUT2D eigenvalue weighted by atomic mass is 35.5. The monoisotopic (exact) mass is 416 g/mol. The predicted octanol–water partition coefficient (Wildman–Crippen LogP) is 1.88. The van der Waals surface area contributed by atoms with Crippen molar-refractivity contribution >= 4 is 27.6 Å². The molecule has 1 aliphatic rings. The lowest BCUT2D eigenvalue weighted by Gasteiger charge is -2.22. The quantitative estimate of drug-likeness (QED) is 0.422. The molecule has 0 radical (unpaired) electrons. The summed E-state index contributed by atoms with van der Waals surface area (Å²) < 4.78 is 32.5. The van der Waals surface area contributed by atoms with Crippen LogP contribution >= 0.6 is 11.6 Å². The summed E-state index contributed by atoms with van der Waals surface area (Å²) in [5, 5.41) is 6.83. The van der Waals surface area contributed by atoms with Gasteiger partial charge in [0, 0.05) is 31.3 Å². The molecule has 2 rings (SSSR count). The minimum Gasteiger partial charge on any atom is -0.377 e. The predicted molar refractivity (Wildman–Crippen MR) is 110 cm³/mol. The second-order valence-corrected chi connectivity index (χ2v) is 8.77. The van der Waals surface area contributed by atoms with Crippen molar-refractivity contribution in [3.63, 3.8) is 0 Å². The molecule has 27 heavy (non-hydrogen) atoms. The number of guanidine groups is 1. The lowest BCUT2D eigenvalue weighted by molar-refractivity contribution is 0.0200. The van der Waals surface area contributed by atoms with Gasteiger partial charge in [0.25, 0.3) is 0 Å². The molecule has 1 unspecified atom stereocenters. The smallest absolute Gasteiger partial charge is 0.213 e. The highest BCUT2D eigenvalue weighted by Gasteiger charge is 2.17. The molecule has 7 nitrogen and oxygen atoms in total. The van der Waals surface area contributed by atoms with Crippen LogP contribution in [0.25, 0.3) is 0 Å². The second-order valence-electron chi connectivity index (χ2n) is 6.41. The van der Waals surface area contributed by atoms with E-state index in [0.717, 1.165) is 24.8 Å². The standard InChI is InChI=1S/C18H29ClN4O3S/c1-2-20-18(22-13-15-6-5-7-16(19)12-15)21-9-11-27(24,25)23-14-17-8-3-4-10-26-17/h5-7,12,17,23H,2-4,8-11,13-14H2,1H3,(H2,20,21,22). The molecule has 1 heterocycles. The average molecular weight is 417 g/mol. The number of nitrogens with zero attached hydrogens (tertiary/aromatic N) is 1. The van der Waals surface area contributed by atoms with Gasteiger partial charge < -0.3 is 15.4 Å². The zero-order chi connectivity index (χ0) is 19.5. The summed E-state index contributed by atoms with van der Waals surface area (Å²) >= 11 is 5.98. The van der Waals surface area contributed by atoms with Crippen molar-refractivity contribution in [3.05, 3.63) is 34.9 Å². The number of sulfonamides is 1. The topological polar surface area (TPSA) is 91.8 Å². The molecule has 0 spiro atoms. The largest absolute Gasteiger partial charge is 0.377 e. The fraction of sp³-hybridized carbons (Fsp3) is 0.611. The highest BCUT2D eigenvalue weighted by Crippen LogP contribution is 2.12. The van der Waals surface area contributed by atoms with Crippen LogP contribution < -0.4 is 15.4 Å². The number of hydrogen-bond donors (Lipinski definition) is 3. The van der Waals surface area contributed by atoms with Crippen molar-refractivity contribution in [1.29, 1.82) is 0 Å². The fourth-order valence-electron chi connectivity index (χ4n) is 2.71. The molecule has 0 amide bonds. The zero-order valence-electron chi connectivity index (χ0n) is 15.7. The summed E-state index contributed by atoms with van der Waals surface area (Å²) in [5.41, 5.74) is 0.987. The molecule has 1 aliphatic heterocycles. The van der Waals surface area contributed by atoms with E-state index >= 15 is 0 Å². The summed E-state index contributed by atoms with van der Waals surface area (Å²) in [6, 6.07) is 7.49. The third-order valence-electron chi connectivity index (χ3n) is 4.12. The zero-order valence-corrected chi connectivity index (χ0v) is 17.3. The van der Waals surface area contributed by atoms with Crippen molar-refractivity contribution in [2.75, 3.05) is 32.0 Å². The van der Waals surface area contributed by atoms with Gasteiger partial charge in [-0.3, -0.25) is 0 Å². The maximum atomic E-state index is 12.1. The van der Waals surface area contributed by atoms with Gasteiger partial charge in [-0.2, -0.15) is 0 Å². The van der Waals surface area contributed by atoms with Gasteiger partial charge >= 0.3 is 0 Å². The number of rotatable bonds is 9. The van der Waals surface area contributed by atoms with E-state index in [-0.39, 0.29) is 18.4 Å². The lowest BCUT2D eigenvalue weighted by atomic mass is 10.1. The molecule has 0 aliphatic carbocycles. The van der Waals surface area contributed by atoms with Gasteiger partial charge in [0.1, 0.15) is 0 Å². The van der Waals surface area contributed by atoms with Crippen LogP contribution in [0.5, 0.6) is 0 Å². The summed E-state index contributed by atoms with van der Waals surface area (Å²) in [4.78, 5) is 4.46. The Bertz CT molecular complexity index is 706. The first-order chi connectivity index (χ1) is 13.0. The van der Waals surface area contributed by atoms with E-state index < -0.39 is 10.0 Å². The molecule has 1 atom stereocenters. The van der Waals surface area contributed by atoms with Gasteiger partial charge in [0.15, 0.2) is 5.96 Å². The number of halogens is 1. The molecular formula is C18H29ClN4O3S. The number of nitrogens with one attached hydrogen (secondary N) is 3. The van der Waals surface area contributed by atoms with Gasteiger partial charge in [-0.15, -0.1) is 0 Å². The Hall–Kier alpha value is -1.35. The van der Waals surface area contributed by atoms with Crippen molar-refractivity contribution in [3.8, 4) is 0 Å². The van der Waals surface area contributed by atoms with Gasteiger partial charge in [0.05, 0.1) is 18.4 Å². The Morgan fingerprint density at radius 3 is 2.89 bits per heavy atom. The van der Waals surface area contributed by atoms with Crippen LogP contribution in [0.15, 0.2) is 29.3 Å². The summed E-state index contributed by atoms with van der Waals surface area (Å²) in [7, 11) is -3.36. The summed E-state index contributed by atoms with van der Waals surface area (Å²) in [6.45, 7) is 4.42. The minimum absolute atomic E-state index is 0.0157. The lowest BCUT2D eigenvalue weighted by Crippen LogP contribution is -2.42. The number of aliphatic imine (C=N–C) groups is 1. The normalized spacial score (nSPS) is 18.3. The maximum absolute atomic E-state index is 12.1. The average Bonchev–Trinajstić information content (AvgIpc) is 2.65. The van der Waals surface area contributed by atoms with Crippen LogP contribution in [0.2, 0.25) is 5.02 Å². The van der Waals surface area contributed by atoms with Crippen molar-refractivity contribution in [2.45, 2.75) is 38.8 Å². The third-order valence-corrected chi connectivity index (χ3v) is 5.70. The molecule has 1 aromatic carbocycles. The molecule has 1 saturated heterocycles. The molecule has 0 aromatic heterocycles. The first-order valence-corrected chi connectivity index (χ1v) is 11.4. The Labute approximate surface area is 167 Å². The molecular weight excluding hydrogens is 388 g/mol. The number of benzene rings is 1. The Kier molecular flexibility index (Phi) is 9.33. The Morgan fingerprint density at radius 2 is 2.19 bits per heavy atom. The van der Waals surface area contributed by atoms with Crippen LogP contribution in [-0.4, -0.2) is 52.5 Å². The van der Waals surface area contributed by atoms with Gasteiger partial charge in [-0.05, 0) is 43.9 Å². The van der Waals surface area contributed by atoms with Gasteiger partial charge in [-0.25, -0.2) is 18.1 Å². The van der Waals surface area contributed by atoms with E-state index in [1.165, 1.54) is 0 Å².